The van der Waals surface area contributed by atoms with Crippen molar-refractivity contribution in [3.63, 3.8) is 0 Å². The lowest BCUT2D eigenvalue weighted by molar-refractivity contribution is -0.115. The molecule has 1 atom stereocenters. The molecule has 6 heteroatoms. The van der Waals surface area contributed by atoms with Crippen molar-refractivity contribution in [2.45, 2.75) is 46.2 Å². The second-order valence-electron chi connectivity index (χ2n) is 7.56. The van der Waals surface area contributed by atoms with Crippen molar-refractivity contribution in [1.29, 1.82) is 0 Å². The molecule has 2 rings (SSSR count). The van der Waals surface area contributed by atoms with Crippen LogP contribution in [0.3, 0.4) is 0 Å². The van der Waals surface area contributed by atoms with Crippen LogP contribution in [0.5, 0.6) is 5.75 Å². The highest BCUT2D eigenvalue weighted by atomic mass is 16.5. The second-order valence-corrected chi connectivity index (χ2v) is 7.56. The SMILES string of the molecule is CCC(=O)Nc1ccc(N(C)C)c(CN(C(=O)c2ccc(OC)cc2)[C@@H](C)CC)c1. The van der Waals surface area contributed by atoms with Crippen LogP contribution < -0.4 is 15.0 Å². The first-order valence-corrected chi connectivity index (χ1v) is 10.4. The quantitative estimate of drug-likeness (QED) is 0.658. The molecule has 0 aromatic heterocycles. The van der Waals surface area contributed by atoms with Gasteiger partial charge in [0.05, 0.1) is 7.11 Å². The summed E-state index contributed by atoms with van der Waals surface area (Å²) in [5.41, 5.74) is 3.36. The molecule has 6 nitrogen and oxygen atoms in total. The lowest BCUT2D eigenvalue weighted by atomic mass is 10.1. The van der Waals surface area contributed by atoms with Crippen LogP contribution in [0.15, 0.2) is 42.5 Å². The van der Waals surface area contributed by atoms with Gasteiger partial charge in [0.15, 0.2) is 0 Å². The average molecular weight is 412 g/mol. The van der Waals surface area contributed by atoms with Crippen molar-refractivity contribution >= 4 is 23.2 Å². The van der Waals surface area contributed by atoms with E-state index in [0.29, 0.717) is 18.5 Å². The van der Waals surface area contributed by atoms with Crippen molar-refractivity contribution in [2.75, 3.05) is 31.4 Å². The topological polar surface area (TPSA) is 61.9 Å². The van der Waals surface area contributed by atoms with Crippen LogP contribution in [-0.4, -0.2) is 44.0 Å². The van der Waals surface area contributed by atoms with E-state index in [1.54, 1.807) is 31.4 Å². The molecule has 2 aromatic rings. The average Bonchev–Trinajstić information content (AvgIpc) is 2.76. The fourth-order valence-corrected chi connectivity index (χ4v) is 3.21. The number of benzene rings is 2. The van der Waals surface area contributed by atoms with Crippen LogP contribution in [0, 0.1) is 0 Å². The maximum Gasteiger partial charge on any atom is 0.254 e. The molecule has 0 bridgehead atoms. The molecule has 0 spiro atoms. The minimum Gasteiger partial charge on any atom is -0.497 e. The van der Waals surface area contributed by atoms with E-state index >= 15 is 0 Å². The van der Waals surface area contributed by atoms with Crippen molar-refractivity contribution in [2.24, 2.45) is 0 Å². The number of anilines is 2. The highest BCUT2D eigenvalue weighted by Gasteiger charge is 2.22. The van der Waals surface area contributed by atoms with E-state index in [1.165, 1.54) is 0 Å². The summed E-state index contributed by atoms with van der Waals surface area (Å²) in [6.45, 7) is 6.40. The van der Waals surface area contributed by atoms with Gasteiger partial charge in [0.25, 0.3) is 5.91 Å². The zero-order chi connectivity index (χ0) is 22.3. The monoisotopic (exact) mass is 411 g/mol. The largest absolute Gasteiger partial charge is 0.497 e. The molecule has 162 valence electrons. The Morgan fingerprint density at radius 1 is 1.07 bits per heavy atom. The van der Waals surface area contributed by atoms with Gasteiger partial charge in [0.1, 0.15) is 5.75 Å². The molecule has 30 heavy (non-hydrogen) atoms. The minimum absolute atomic E-state index is 0.0280. The number of nitrogens with zero attached hydrogens (tertiary/aromatic N) is 2. The van der Waals surface area contributed by atoms with E-state index in [-0.39, 0.29) is 17.9 Å². The summed E-state index contributed by atoms with van der Waals surface area (Å²) in [6.07, 6.45) is 1.26. The van der Waals surface area contributed by atoms with Crippen LogP contribution >= 0.6 is 0 Å². The van der Waals surface area contributed by atoms with Gasteiger partial charge in [-0.15, -0.1) is 0 Å². The van der Waals surface area contributed by atoms with Gasteiger partial charge in [-0.3, -0.25) is 9.59 Å². The second kappa shape index (κ2) is 10.7. The molecular formula is C24H33N3O3. The first-order chi connectivity index (χ1) is 14.3. The molecule has 1 N–H and O–H groups in total. The molecular weight excluding hydrogens is 378 g/mol. The van der Waals surface area contributed by atoms with Gasteiger partial charge < -0.3 is 19.9 Å². The third-order valence-electron chi connectivity index (χ3n) is 5.23. The van der Waals surface area contributed by atoms with Gasteiger partial charge in [0, 0.05) is 50.0 Å². The summed E-state index contributed by atoms with van der Waals surface area (Å²) < 4.78 is 5.20. The summed E-state index contributed by atoms with van der Waals surface area (Å²) in [5, 5.41) is 2.91. The lowest BCUT2D eigenvalue weighted by Crippen LogP contribution is -2.38. The first kappa shape index (κ1) is 23.3. The number of hydrogen-bond donors (Lipinski definition) is 1. The Balaban J connectivity index is 2.39. The third kappa shape index (κ3) is 5.75. The van der Waals surface area contributed by atoms with E-state index in [4.69, 9.17) is 4.74 Å². The third-order valence-corrected chi connectivity index (χ3v) is 5.23. The molecule has 0 saturated heterocycles. The molecule has 0 fully saturated rings. The van der Waals surface area contributed by atoms with Crippen molar-refractivity contribution in [1.82, 2.24) is 4.90 Å². The number of nitrogens with one attached hydrogen (secondary N) is 1. The van der Waals surface area contributed by atoms with Gasteiger partial charge in [-0.2, -0.15) is 0 Å². The van der Waals surface area contributed by atoms with Gasteiger partial charge in [-0.05, 0) is 61.4 Å². The molecule has 0 saturated carbocycles. The Kier molecular flexibility index (Phi) is 8.27. The van der Waals surface area contributed by atoms with Gasteiger partial charge in [0.2, 0.25) is 5.91 Å². The Labute approximate surface area is 179 Å². The summed E-state index contributed by atoms with van der Waals surface area (Å²) in [5.74, 6) is 0.655. The number of hydrogen-bond acceptors (Lipinski definition) is 4. The number of carbonyl (C=O) groups excluding carboxylic acids is 2. The minimum atomic E-state index is -0.0355. The van der Waals surface area contributed by atoms with Crippen molar-refractivity contribution in [3.05, 3.63) is 53.6 Å². The van der Waals surface area contributed by atoms with E-state index < -0.39 is 0 Å². The van der Waals surface area contributed by atoms with Gasteiger partial charge in [-0.25, -0.2) is 0 Å². The Morgan fingerprint density at radius 3 is 2.27 bits per heavy atom. The van der Waals surface area contributed by atoms with Gasteiger partial charge in [-0.1, -0.05) is 13.8 Å². The molecule has 2 aromatic carbocycles. The lowest BCUT2D eigenvalue weighted by Gasteiger charge is -2.31. The van der Waals surface area contributed by atoms with E-state index in [0.717, 1.165) is 29.1 Å². The van der Waals surface area contributed by atoms with Crippen LogP contribution in [-0.2, 0) is 11.3 Å². The predicted molar refractivity (Wildman–Crippen MR) is 122 cm³/mol. The predicted octanol–water partition coefficient (Wildman–Crippen LogP) is 4.55. The number of rotatable bonds is 9. The Hall–Kier alpha value is -3.02. The molecule has 0 heterocycles. The molecule has 0 aliphatic heterocycles. The summed E-state index contributed by atoms with van der Waals surface area (Å²) in [7, 11) is 5.55. The highest BCUT2D eigenvalue weighted by molar-refractivity contribution is 5.95. The highest BCUT2D eigenvalue weighted by Crippen LogP contribution is 2.27. The fourth-order valence-electron chi connectivity index (χ4n) is 3.21. The zero-order valence-corrected chi connectivity index (χ0v) is 18.9. The Morgan fingerprint density at radius 2 is 1.73 bits per heavy atom. The zero-order valence-electron chi connectivity index (χ0n) is 18.9. The molecule has 0 aliphatic carbocycles. The number of amides is 2. The summed E-state index contributed by atoms with van der Waals surface area (Å²) >= 11 is 0. The Bertz CT molecular complexity index is 862. The molecule has 0 aliphatic rings. The smallest absolute Gasteiger partial charge is 0.254 e. The van der Waals surface area contributed by atoms with Crippen LogP contribution in [0.1, 0.15) is 49.5 Å². The maximum absolute atomic E-state index is 13.3. The number of ether oxygens (including phenoxy) is 1. The van der Waals surface area contributed by atoms with Crippen LogP contribution in [0.2, 0.25) is 0 Å². The first-order valence-electron chi connectivity index (χ1n) is 10.4. The number of carbonyl (C=O) groups is 2. The normalized spacial score (nSPS) is 11.5. The standard InChI is InChI=1S/C24H33N3O3/c1-7-17(3)27(24(29)18-9-12-21(30-6)13-10-18)16-19-15-20(25-23(28)8-2)11-14-22(19)26(4)5/h9-15,17H,7-8,16H2,1-6H3,(H,25,28)/t17-/m0/s1. The van der Waals surface area contributed by atoms with Gasteiger partial charge >= 0.3 is 0 Å². The molecule has 2 amide bonds. The van der Waals surface area contributed by atoms with E-state index in [2.05, 4.69) is 19.2 Å². The number of methoxy groups -OCH3 is 1. The van der Waals surface area contributed by atoms with E-state index in [1.807, 2.05) is 49.0 Å². The summed E-state index contributed by atoms with van der Waals surface area (Å²) in [6, 6.07) is 13.1. The van der Waals surface area contributed by atoms with E-state index in [9.17, 15) is 9.59 Å². The summed E-state index contributed by atoms with van der Waals surface area (Å²) in [4.78, 5) is 29.1. The fraction of sp³-hybridized carbons (Fsp3) is 0.417. The maximum atomic E-state index is 13.3. The van der Waals surface area contributed by atoms with Crippen molar-refractivity contribution in [3.8, 4) is 5.75 Å². The molecule has 0 unspecified atom stereocenters. The van der Waals surface area contributed by atoms with Crippen molar-refractivity contribution < 1.29 is 14.3 Å². The molecule has 0 radical (unpaired) electrons. The van der Waals surface area contributed by atoms with Crippen LogP contribution in [0.4, 0.5) is 11.4 Å². The van der Waals surface area contributed by atoms with Crippen LogP contribution in [0.25, 0.3) is 0 Å².